The minimum absolute atomic E-state index is 0.0577. The molecule has 154 valence electrons. The summed E-state index contributed by atoms with van der Waals surface area (Å²) < 4.78 is 25.4. The third-order valence-electron chi connectivity index (χ3n) is 4.78. The predicted octanol–water partition coefficient (Wildman–Crippen LogP) is 3.02. The number of thioether (sulfide) groups is 1. The van der Waals surface area contributed by atoms with Gasteiger partial charge in [0.25, 0.3) is 5.91 Å². The highest BCUT2D eigenvalue weighted by Gasteiger charge is 2.38. The molecular weight excluding hydrogens is 422 g/mol. The molecule has 30 heavy (non-hydrogen) atoms. The summed E-state index contributed by atoms with van der Waals surface area (Å²) in [6.07, 6.45) is 2.64. The number of carbonyl (C=O) groups excluding carboxylic acids is 1. The summed E-state index contributed by atoms with van der Waals surface area (Å²) in [5, 5.41) is 13.5. The number of amides is 1. The molecule has 0 bridgehead atoms. The van der Waals surface area contributed by atoms with Crippen LogP contribution >= 0.6 is 11.8 Å². The Balaban J connectivity index is 1.76. The molecule has 0 unspecified atom stereocenters. The Morgan fingerprint density at radius 1 is 1.17 bits per heavy atom. The second-order valence-corrected chi connectivity index (χ2v) is 10.3. The van der Waals surface area contributed by atoms with Crippen LogP contribution in [-0.2, 0) is 14.6 Å². The number of carbonyl (C=O) groups is 1. The SMILES string of the molecule is Cc1cccc(-n2c(C)cc(/C=C3\C(=N)N4N=C(S(C)(=O)=O)SC4=NC3=O)c2C)c1. The Labute approximate surface area is 178 Å². The molecule has 0 spiro atoms. The summed E-state index contributed by atoms with van der Waals surface area (Å²) in [6.45, 7) is 5.94. The van der Waals surface area contributed by atoms with Gasteiger partial charge in [-0.1, -0.05) is 12.1 Å². The molecular formula is C20H19N5O3S2. The summed E-state index contributed by atoms with van der Waals surface area (Å²) in [5.41, 5.74) is 4.88. The molecule has 1 aromatic carbocycles. The van der Waals surface area contributed by atoms with Gasteiger partial charge >= 0.3 is 0 Å². The largest absolute Gasteiger partial charge is 0.318 e. The molecule has 2 aliphatic rings. The smallest absolute Gasteiger partial charge is 0.283 e. The van der Waals surface area contributed by atoms with Crippen LogP contribution < -0.4 is 0 Å². The van der Waals surface area contributed by atoms with Crippen LogP contribution in [0.2, 0.25) is 0 Å². The fourth-order valence-electron chi connectivity index (χ4n) is 3.38. The van der Waals surface area contributed by atoms with Crippen LogP contribution in [0.3, 0.4) is 0 Å². The van der Waals surface area contributed by atoms with E-state index < -0.39 is 15.7 Å². The third-order valence-corrected chi connectivity index (χ3v) is 7.36. The van der Waals surface area contributed by atoms with Crippen LogP contribution in [0, 0.1) is 26.2 Å². The normalized spacial score (nSPS) is 18.0. The highest BCUT2D eigenvalue weighted by atomic mass is 32.3. The van der Waals surface area contributed by atoms with Crippen molar-refractivity contribution < 1.29 is 13.2 Å². The average molecular weight is 442 g/mol. The molecule has 1 aromatic heterocycles. The zero-order valence-electron chi connectivity index (χ0n) is 16.8. The van der Waals surface area contributed by atoms with Gasteiger partial charge in [-0.3, -0.25) is 10.2 Å². The number of fused-ring (bicyclic) bond motifs is 1. The van der Waals surface area contributed by atoms with Crippen molar-refractivity contribution in [3.05, 3.63) is 58.4 Å². The first-order valence-electron chi connectivity index (χ1n) is 9.02. The Bertz CT molecular complexity index is 1320. The van der Waals surface area contributed by atoms with Gasteiger partial charge in [-0.2, -0.15) is 10.0 Å². The molecule has 0 saturated heterocycles. The van der Waals surface area contributed by atoms with E-state index in [4.69, 9.17) is 5.41 Å². The van der Waals surface area contributed by atoms with E-state index in [1.165, 1.54) is 0 Å². The lowest BCUT2D eigenvalue weighted by Gasteiger charge is -2.20. The fraction of sp³-hybridized carbons (Fsp3) is 0.200. The zero-order chi connectivity index (χ0) is 21.8. The Morgan fingerprint density at radius 3 is 2.57 bits per heavy atom. The fourth-order valence-corrected chi connectivity index (χ4v) is 5.06. The molecule has 0 aliphatic carbocycles. The van der Waals surface area contributed by atoms with Crippen molar-refractivity contribution in [1.82, 2.24) is 9.58 Å². The molecule has 2 aromatic rings. The summed E-state index contributed by atoms with van der Waals surface area (Å²) in [6, 6.07) is 10.0. The summed E-state index contributed by atoms with van der Waals surface area (Å²) >= 11 is 0.771. The number of sulfone groups is 1. The van der Waals surface area contributed by atoms with Crippen LogP contribution in [0.25, 0.3) is 11.8 Å². The van der Waals surface area contributed by atoms with Crippen LogP contribution in [0.5, 0.6) is 0 Å². The number of amidine groups is 2. The molecule has 0 atom stereocenters. The predicted molar refractivity (Wildman–Crippen MR) is 120 cm³/mol. The van der Waals surface area contributed by atoms with Crippen LogP contribution in [0.15, 0.2) is 46.0 Å². The molecule has 1 N–H and O–H groups in total. The van der Waals surface area contributed by atoms with Crippen molar-refractivity contribution in [2.75, 3.05) is 6.26 Å². The number of hydrogen-bond acceptors (Lipinski definition) is 6. The van der Waals surface area contributed by atoms with Crippen molar-refractivity contribution in [2.45, 2.75) is 20.8 Å². The second kappa shape index (κ2) is 7.06. The molecule has 1 amide bonds. The van der Waals surface area contributed by atoms with Gasteiger partial charge in [0.05, 0.1) is 5.57 Å². The number of hydrogen-bond donors (Lipinski definition) is 1. The quantitative estimate of drug-likeness (QED) is 0.721. The van der Waals surface area contributed by atoms with E-state index in [1.54, 1.807) is 6.08 Å². The summed E-state index contributed by atoms with van der Waals surface area (Å²) in [5.74, 6) is -0.791. The lowest BCUT2D eigenvalue weighted by atomic mass is 10.1. The number of benzene rings is 1. The van der Waals surface area contributed by atoms with Crippen molar-refractivity contribution in [3.63, 3.8) is 0 Å². The van der Waals surface area contributed by atoms with E-state index in [1.807, 2.05) is 45.0 Å². The molecule has 3 heterocycles. The summed E-state index contributed by atoms with van der Waals surface area (Å²) in [4.78, 5) is 16.5. The van der Waals surface area contributed by atoms with Crippen LogP contribution in [0.4, 0.5) is 0 Å². The molecule has 10 heteroatoms. The van der Waals surface area contributed by atoms with Crippen molar-refractivity contribution >= 4 is 49.0 Å². The van der Waals surface area contributed by atoms with Gasteiger partial charge in [0, 0.05) is 23.3 Å². The molecule has 0 radical (unpaired) electrons. The van der Waals surface area contributed by atoms with Crippen molar-refractivity contribution in [3.8, 4) is 5.69 Å². The van der Waals surface area contributed by atoms with Gasteiger partial charge in [0.1, 0.15) is 0 Å². The maximum Gasteiger partial charge on any atom is 0.283 e. The zero-order valence-corrected chi connectivity index (χ0v) is 18.4. The number of nitrogens with one attached hydrogen (secondary N) is 1. The molecule has 4 rings (SSSR count). The first-order valence-corrected chi connectivity index (χ1v) is 11.7. The van der Waals surface area contributed by atoms with Gasteiger partial charge in [0.15, 0.2) is 5.84 Å². The number of aryl methyl sites for hydroxylation is 2. The molecule has 0 fully saturated rings. The maximum atomic E-state index is 12.6. The lowest BCUT2D eigenvalue weighted by Crippen LogP contribution is -2.35. The number of rotatable bonds is 2. The number of aliphatic imine (C=N–C) groups is 1. The van der Waals surface area contributed by atoms with E-state index in [0.29, 0.717) is 0 Å². The second-order valence-electron chi connectivity index (χ2n) is 7.16. The van der Waals surface area contributed by atoms with E-state index in [-0.39, 0.29) is 21.0 Å². The number of nitrogens with zero attached hydrogens (tertiary/aromatic N) is 4. The summed E-state index contributed by atoms with van der Waals surface area (Å²) in [7, 11) is -3.56. The Morgan fingerprint density at radius 2 is 1.90 bits per heavy atom. The van der Waals surface area contributed by atoms with Gasteiger partial charge in [-0.05, 0) is 67.9 Å². The lowest BCUT2D eigenvalue weighted by molar-refractivity contribution is -0.114. The maximum absolute atomic E-state index is 12.6. The average Bonchev–Trinajstić information content (AvgIpc) is 3.20. The number of aromatic nitrogens is 1. The van der Waals surface area contributed by atoms with E-state index in [9.17, 15) is 13.2 Å². The highest BCUT2D eigenvalue weighted by molar-refractivity contribution is 8.42. The van der Waals surface area contributed by atoms with Crippen LogP contribution in [-0.4, -0.2) is 45.5 Å². The van der Waals surface area contributed by atoms with Gasteiger partial charge in [0.2, 0.25) is 19.4 Å². The Hall–Kier alpha value is -2.98. The number of hydrazone groups is 1. The van der Waals surface area contributed by atoms with Crippen LogP contribution in [0.1, 0.15) is 22.5 Å². The third kappa shape index (κ3) is 3.41. The highest BCUT2D eigenvalue weighted by Crippen LogP contribution is 2.31. The van der Waals surface area contributed by atoms with Crippen molar-refractivity contribution in [2.24, 2.45) is 10.1 Å². The van der Waals surface area contributed by atoms with Gasteiger partial charge in [-0.15, -0.1) is 5.10 Å². The van der Waals surface area contributed by atoms with Gasteiger partial charge in [-0.25, -0.2) is 8.42 Å². The van der Waals surface area contributed by atoms with Gasteiger partial charge < -0.3 is 4.57 Å². The topological polar surface area (TPSA) is 108 Å². The van der Waals surface area contributed by atoms with E-state index in [0.717, 1.165) is 51.2 Å². The molecule has 2 aliphatic heterocycles. The minimum atomic E-state index is -3.56. The first-order chi connectivity index (χ1) is 14.1. The minimum Gasteiger partial charge on any atom is -0.318 e. The monoisotopic (exact) mass is 441 g/mol. The molecule has 0 saturated carbocycles. The Kier molecular flexibility index (Phi) is 4.78. The first kappa shape index (κ1) is 20.3. The standard InChI is InChI=1S/C20H19N5O3S2/c1-11-6-5-7-15(8-11)24-12(2)9-14(13(24)3)10-16-17(21)25-19(22-18(16)26)29-20(23-25)30(4,27)28/h5-10,21H,1-4H3/b16-10+,21-17?. The van der Waals surface area contributed by atoms with E-state index in [2.05, 4.69) is 20.7 Å². The van der Waals surface area contributed by atoms with Crippen molar-refractivity contribution in [1.29, 1.82) is 5.41 Å². The molecule has 8 nitrogen and oxygen atoms in total. The van der Waals surface area contributed by atoms with E-state index >= 15 is 0 Å².